The maximum Gasteiger partial charge on any atom is 0.269 e. The molecule has 33 heavy (non-hydrogen) atoms. The van der Waals surface area contributed by atoms with Crippen molar-refractivity contribution >= 4 is 16.8 Å². The third-order valence-corrected chi connectivity index (χ3v) is 5.55. The molecule has 1 aliphatic rings. The predicted octanol–water partition coefficient (Wildman–Crippen LogP) is 4.75. The summed E-state index contributed by atoms with van der Waals surface area (Å²) in [6, 6.07) is 19.1. The van der Waals surface area contributed by atoms with Crippen LogP contribution in [0.2, 0.25) is 0 Å². The molecule has 6 nitrogen and oxygen atoms in total. The van der Waals surface area contributed by atoms with Crippen LogP contribution < -0.4 is 19.5 Å². The van der Waals surface area contributed by atoms with Gasteiger partial charge in [0, 0.05) is 6.54 Å². The lowest BCUT2D eigenvalue weighted by atomic mass is 9.99. The van der Waals surface area contributed by atoms with Crippen molar-refractivity contribution in [3.63, 3.8) is 0 Å². The monoisotopic (exact) mass is 444 g/mol. The first-order chi connectivity index (χ1) is 16.1. The molecule has 0 radical (unpaired) electrons. The first-order valence-electron chi connectivity index (χ1n) is 10.5. The number of ether oxygens (including phenoxy) is 3. The van der Waals surface area contributed by atoms with Crippen molar-refractivity contribution < 1.29 is 23.4 Å². The highest BCUT2D eigenvalue weighted by atomic mass is 19.1. The normalized spacial score (nSPS) is 12.1. The maximum absolute atomic E-state index is 13.5. The number of nitrogens with zero attached hydrogens (tertiary/aromatic N) is 1. The van der Waals surface area contributed by atoms with Crippen molar-refractivity contribution in [3.05, 3.63) is 83.8 Å². The van der Waals surface area contributed by atoms with Gasteiger partial charge in [0.25, 0.3) is 5.91 Å². The van der Waals surface area contributed by atoms with Gasteiger partial charge in [-0.2, -0.15) is 0 Å². The quantitative estimate of drug-likeness (QED) is 0.465. The van der Waals surface area contributed by atoms with Crippen LogP contribution in [0.25, 0.3) is 22.0 Å². The number of methoxy groups -OCH3 is 1. The van der Waals surface area contributed by atoms with Gasteiger partial charge in [-0.1, -0.05) is 24.3 Å². The van der Waals surface area contributed by atoms with Gasteiger partial charge in [0.05, 0.1) is 18.0 Å². The largest absolute Gasteiger partial charge is 0.497 e. The number of rotatable bonds is 6. The topological polar surface area (TPSA) is 69.7 Å². The van der Waals surface area contributed by atoms with Gasteiger partial charge in [-0.05, 0) is 65.6 Å². The molecule has 0 saturated heterocycles. The van der Waals surface area contributed by atoms with E-state index >= 15 is 0 Å². The number of hydrogen-bond acceptors (Lipinski definition) is 5. The number of carbonyl (C=O) groups excluding carboxylic acids is 1. The summed E-state index contributed by atoms with van der Waals surface area (Å²) in [6.07, 6.45) is 0.673. The molecule has 166 valence electrons. The van der Waals surface area contributed by atoms with Crippen LogP contribution >= 0.6 is 0 Å². The molecule has 0 unspecified atom stereocenters. The van der Waals surface area contributed by atoms with Gasteiger partial charge in [-0.15, -0.1) is 0 Å². The number of nitrogens with one attached hydrogen (secondary N) is 1. The van der Waals surface area contributed by atoms with E-state index in [0.29, 0.717) is 30.0 Å². The highest BCUT2D eigenvalue weighted by molar-refractivity contribution is 6.05. The zero-order valence-electron chi connectivity index (χ0n) is 17.9. The second-order valence-electron chi connectivity index (χ2n) is 7.61. The SMILES string of the molecule is COc1ccc(CCNC(=O)c2cc(-c3ccc(F)cc3)c3c4c(ccc3n2)OCO4)cc1. The number of aromatic nitrogens is 1. The Morgan fingerprint density at radius 2 is 1.85 bits per heavy atom. The molecule has 1 N–H and O–H groups in total. The molecule has 0 fully saturated rings. The van der Waals surface area contributed by atoms with Crippen molar-refractivity contribution in [2.45, 2.75) is 6.42 Å². The van der Waals surface area contributed by atoms with E-state index in [0.717, 1.165) is 27.8 Å². The highest BCUT2D eigenvalue weighted by Gasteiger charge is 2.22. The number of hydrogen-bond donors (Lipinski definition) is 1. The van der Waals surface area contributed by atoms with E-state index in [1.165, 1.54) is 12.1 Å². The van der Waals surface area contributed by atoms with Crippen molar-refractivity contribution in [2.75, 3.05) is 20.4 Å². The third kappa shape index (κ3) is 4.17. The Hall–Kier alpha value is -4.13. The molecule has 1 aromatic heterocycles. The molecular formula is C26H21FN2O4. The molecule has 4 aromatic rings. The van der Waals surface area contributed by atoms with E-state index in [1.807, 2.05) is 24.3 Å². The van der Waals surface area contributed by atoms with Crippen LogP contribution in [-0.4, -0.2) is 31.3 Å². The fraction of sp³-hybridized carbons (Fsp3) is 0.154. The Kier molecular flexibility index (Phi) is 5.52. The van der Waals surface area contributed by atoms with Crippen LogP contribution in [0.3, 0.4) is 0 Å². The van der Waals surface area contributed by atoms with E-state index in [4.69, 9.17) is 14.2 Å². The van der Waals surface area contributed by atoms with E-state index in [1.54, 1.807) is 37.4 Å². The summed E-state index contributed by atoms with van der Waals surface area (Å²) >= 11 is 0. The molecule has 1 amide bonds. The van der Waals surface area contributed by atoms with Gasteiger partial charge >= 0.3 is 0 Å². The van der Waals surface area contributed by atoms with Crippen LogP contribution in [0, 0.1) is 5.82 Å². The summed E-state index contributed by atoms with van der Waals surface area (Å²) < 4.78 is 29.9. The Morgan fingerprint density at radius 3 is 2.61 bits per heavy atom. The molecule has 0 atom stereocenters. The number of amides is 1. The van der Waals surface area contributed by atoms with Gasteiger partial charge in [-0.3, -0.25) is 4.79 Å². The van der Waals surface area contributed by atoms with Crippen molar-refractivity contribution in [2.24, 2.45) is 0 Å². The average Bonchev–Trinajstić information content (AvgIpc) is 3.33. The van der Waals surface area contributed by atoms with Crippen LogP contribution in [-0.2, 0) is 6.42 Å². The van der Waals surface area contributed by atoms with E-state index in [2.05, 4.69) is 10.3 Å². The Labute approximate surface area is 189 Å². The first-order valence-corrected chi connectivity index (χ1v) is 10.5. The fourth-order valence-corrected chi connectivity index (χ4v) is 3.86. The summed E-state index contributed by atoms with van der Waals surface area (Å²) in [5.74, 6) is 1.36. The Balaban J connectivity index is 1.45. The van der Waals surface area contributed by atoms with Gasteiger partial charge in [0.2, 0.25) is 6.79 Å². The minimum atomic E-state index is -0.335. The van der Waals surface area contributed by atoms with Crippen LogP contribution in [0.5, 0.6) is 17.2 Å². The molecule has 2 heterocycles. The van der Waals surface area contributed by atoms with Crippen molar-refractivity contribution in [1.29, 1.82) is 0 Å². The summed E-state index contributed by atoms with van der Waals surface area (Å²) in [4.78, 5) is 17.5. The summed E-state index contributed by atoms with van der Waals surface area (Å²) in [5.41, 5.74) is 3.43. The Morgan fingerprint density at radius 1 is 1.06 bits per heavy atom. The highest BCUT2D eigenvalue weighted by Crippen LogP contribution is 2.43. The van der Waals surface area contributed by atoms with Gasteiger partial charge in [0.15, 0.2) is 11.5 Å². The number of carbonyl (C=O) groups is 1. The van der Waals surface area contributed by atoms with Crippen LogP contribution in [0.1, 0.15) is 16.1 Å². The molecule has 1 aliphatic heterocycles. The number of halogens is 1. The minimum Gasteiger partial charge on any atom is -0.497 e. The van der Waals surface area contributed by atoms with E-state index < -0.39 is 0 Å². The smallest absolute Gasteiger partial charge is 0.269 e. The van der Waals surface area contributed by atoms with E-state index in [9.17, 15) is 9.18 Å². The summed E-state index contributed by atoms with van der Waals surface area (Å²) in [5, 5.41) is 3.66. The predicted molar refractivity (Wildman–Crippen MR) is 122 cm³/mol. The Bertz CT molecular complexity index is 1320. The lowest BCUT2D eigenvalue weighted by molar-refractivity contribution is 0.0949. The fourth-order valence-electron chi connectivity index (χ4n) is 3.86. The lowest BCUT2D eigenvalue weighted by Crippen LogP contribution is -2.26. The lowest BCUT2D eigenvalue weighted by Gasteiger charge is -2.12. The van der Waals surface area contributed by atoms with Crippen molar-refractivity contribution in [1.82, 2.24) is 10.3 Å². The average molecular weight is 444 g/mol. The second kappa shape index (κ2) is 8.78. The summed E-state index contributed by atoms with van der Waals surface area (Å²) in [7, 11) is 1.62. The standard InChI is InChI=1S/C26H21FN2O4/c1-31-19-8-2-16(3-9-19)12-13-28-26(30)22-14-20(17-4-6-18(27)7-5-17)24-21(29-22)10-11-23-25(24)33-15-32-23/h2-11,14H,12-13,15H2,1H3,(H,28,30). The minimum absolute atomic E-state index is 0.116. The zero-order chi connectivity index (χ0) is 22.8. The van der Waals surface area contributed by atoms with Crippen LogP contribution in [0.15, 0.2) is 66.7 Å². The molecule has 0 saturated carbocycles. The molecule has 3 aromatic carbocycles. The molecule has 5 rings (SSSR count). The second-order valence-corrected chi connectivity index (χ2v) is 7.61. The molecule has 0 bridgehead atoms. The summed E-state index contributed by atoms with van der Waals surface area (Å²) in [6.45, 7) is 0.572. The number of fused-ring (bicyclic) bond motifs is 3. The van der Waals surface area contributed by atoms with E-state index in [-0.39, 0.29) is 24.2 Å². The molecule has 7 heteroatoms. The van der Waals surface area contributed by atoms with Gasteiger partial charge < -0.3 is 19.5 Å². The maximum atomic E-state index is 13.5. The molecule has 0 aliphatic carbocycles. The number of benzene rings is 3. The van der Waals surface area contributed by atoms with Gasteiger partial charge in [0.1, 0.15) is 17.3 Å². The molecule has 0 spiro atoms. The van der Waals surface area contributed by atoms with Crippen molar-refractivity contribution in [3.8, 4) is 28.4 Å². The molecular weight excluding hydrogens is 423 g/mol. The number of pyridine rings is 1. The van der Waals surface area contributed by atoms with Gasteiger partial charge in [-0.25, -0.2) is 9.37 Å². The first kappa shape index (κ1) is 20.8. The van der Waals surface area contributed by atoms with Crippen LogP contribution in [0.4, 0.5) is 4.39 Å². The third-order valence-electron chi connectivity index (χ3n) is 5.55. The zero-order valence-corrected chi connectivity index (χ0v) is 17.9.